The molecule has 0 aromatic carbocycles. The van der Waals surface area contributed by atoms with Crippen LogP contribution < -0.4 is 0 Å². The van der Waals surface area contributed by atoms with E-state index in [2.05, 4.69) is 59.5 Å². The van der Waals surface area contributed by atoms with E-state index in [1.54, 1.807) is 0 Å². The van der Waals surface area contributed by atoms with Gasteiger partial charge in [-0.15, -0.1) is 0 Å². The summed E-state index contributed by atoms with van der Waals surface area (Å²) in [5.41, 5.74) is 1.73. The smallest absolute Gasteiger partial charge is 0.139 e. The Morgan fingerprint density at radius 2 is 0.676 bits per heavy atom. The predicted octanol–water partition coefficient (Wildman–Crippen LogP) is 7.13. The summed E-state index contributed by atoms with van der Waals surface area (Å²) in [6.07, 6.45) is 0. The maximum absolute atomic E-state index is 9.83. The van der Waals surface area contributed by atoms with E-state index >= 15 is 0 Å². The van der Waals surface area contributed by atoms with Crippen LogP contribution in [0.1, 0.15) is 83.1 Å². The summed E-state index contributed by atoms with van der Waals surface area (Å²) >= 11 is 0. The van der Waals surface area contributed by atoms with E-state index in [1.807, 2.05) is 83.1 Å². The van der Waals surface area contributed by atoms with Gasteiger partial charge in [0.2, 0.25) is 0 Å². The molecule has 0 aromatic heterocycles. The zero-order valence-electron chi connectivity index (χ0n) is 22.9. The lowest BCUT2D eigenvalue weighted by Gasteiger charge is -2.09. The second kappa shape index (κ2) is 10.1. The lowest BCUT2D eigenvalue weighted by Crippen LogP contribution is -2.02. The molecule has 1 aliphatic carbocycles. The van der Waals surface area contributed by atoms with Gasteiger partial charge < -0.3 is 0 Å². The molecule has 34 heavy (non-hydrogen) atoms. The van der Waals surface area contributed by atoms with Gasteiger partial charge in [0.25, 0.3) is 0 Å². The van der Waals surface area contributed by atoms with Gasteiger partial charge in [0.1, 0.15) is 17.7 Å². The van der Waals surface area contributed by atoms with Crippen LogP contribution in [0, 0.1) is 91.7 Å². The zero-order valence-corrected chi connectivity index (χ0v) is 22.9. The van der Waals surface area contributed by atoms with Crippen molar-refractivity contribution in [3.63, 3.8) is 0 Å². The summed E-state index contributed by atoms with van der Waals surface area (Å²) in [6.45, 7) is 24.3. The summed E-state index contributed by atoms with van der Waals surface area (Å²) in [6, 6.07) is 4.10. The van der Waals surface area contributed by atoms with Crippen molar-refractivity contribution in [1.82, 2.24) is 0 Å². The van der Waals surface area contributed by atoms with Gasteiger partial charge in [0.05, 0.1) is 22.3 Å². The Kier molecular flexibility index (Phi) is 8.50. The molecule has 1 rings (SSSR count). The van der Waals surface area contributed by atoms with Crippen molar-refractivity contribution in [2.45, 2.75) is 83.1 Å². The molecular weight excluding hydrogens is 412 g/mol. The first kappa shape index (κ1) is 28.5. The predicted molar refractivity (Wildman–Crippen MR) is 141 cm³/mol. The Hall–Kier alpha value is -3.56. The minimum absolute atomic E-state index is 0.0287. The molecule has 0 radical (unpaired) electrons. The summed E-state index contributed by atoms with van der Waals surface area (Å²) in [5.74, 6) is 26.2. The summed E-state index contributed by atoms with van der Waals surface area (Å²) in [5, 5.41) is 19.7. The number of nitriles is 2. The zero-order chi connectivity index (χ0) is 26.5. The molecule has 1 aliphatic rings. The average Bonchev–Trinajstić information content (AvgIpc) is 2.93. The number of hydrogen-bond donors (Lipinski definition) is 0. The fourth-order valence-electron chi connectivity index (χ4n) is 2.51. The van der Waals surface area contributed by atoms with Gasteiger partial charge in [-0.2, -0.15) is 10.5 Å². The first-order chi connectivity index (χ1) is 15.3. The molecule has 0 spiro atoms. The highest BCUT2D eigenvalue weighted by atomic mass is 14.3. The molecule has 0 saturated heterocycles. The van der Waals surface area contributed by atoms with E-state index in [-0.39, 0.29) is 27.2 Å². The topological polar surface area (TPSA) is 47.6 Å². The Balaban J connectivity index is 4.39. The Labute approximate surface area is 208 Å². The fraction of sp³-hybridized carbons (Fsp3) is 0.500. The molecule has 0 unspecified atom stereocenters. The van der Waals surface area contributed by atoms with Crippen LogP contribution >= 0.6 is 0 Å². The van der Waals surface area contributed by atoms with Crippen molar-refractivity contribution in [3.05, 3.63) is 33.4 Å². The number of hydrogen-bond acceptors (Lipinski definition) is 2. The Morgan fingerprint density at radius 3 is 0.882 bits per heavy atom. The monoisotopic (exact) mass is 448 g/mol. The second-order valence-corrected chi connectivity index (χ2v) is 12.5. The standard InChI is InChI=1S/C32H36N2/c1-29(2,3)17-13-24-25(14-18-30(4,5)6)27(16-20-32(10,11)12)28(23(21-33)22-34)26(24)15-19-31(7,8)9/h1-12H3. The lowest BCUT2D eigenvalue weighted by atomic mass is 9.92. The normalized spacial score (nSPS) is 13.8. The van der Waals surface area contributed by atoms with E-state index < -0.39 is 0 Å². The molecule has 0 saturated carbocycles. The number of nitrogens with zero attached hydrogens (tertiary/aromatic N) is 2. The third-order valence-electron chi connectivity index (χ3n) is 3.97. The van der Waals surface area contributed by atoms with Crippen LogP contribution in [0.3, 0.4) is 0 Å². The van der Waals surface area contributed by atoms with Gasteiger partial charge in [0, 0.05) is 27.2 Å². The highest BCUT2D eigenvalue weighted by Crippen LogP contribution is 2.39. The van der Waals surface area contributed by atoms with Crippen LogP contribution in [0.2, 0.25) is 0 Å². The number of allylic oxidation sites excluding steroid dienone is 6. The summed E-state index contributed by atoms with van der Waals surface area (Å²) in [7, 11) is 0. The molecule has 174 valence electrons. The van der Waals surface area contributed by atoms with E-state index in [0.717, 1.165) is 0 Å². The maximum Gasteiger partial charge on any atom is 0.139 e. The van der Waals surface area contributed by atoms with Crippen LogP contribution in [0.5, 0.6) is 0 Å². The lowest BCUT2D eigenvalue weighted by molar-refractivity contribution is 0.570. The van der Waals surface area contributed by atoms with Crippen molar-refractivity contribution >= 4 is 0 Å². The highest BCUT2D eigenvalue weighted by Gasteiger charge is 2.30. The quantitative estimate of drug-likeness (QED) is 0.292. The van der Waals surface area contributed by atoms with E-state index in [9.17, 15) is 10.5 Å². The molecule has 0 fully saturated rings. The van der Waals surface area contributed by atoms with Gasteiger partial charge >= 0.3 is 0 Å². The van der Waals surface area contributed by atoms with E-state index in [4.69, 9.17) is 0 Å². The van der Waals surface area contributed by atoms with Crippen LogP contribution in [-0.4, -0.2) is 0 Å². The summed E-state index contributed by atoms with van der Waals surface area (Å²) in [4.78, 5) is 0. The molecule has 0 amide bonds. The van der Waals surface area contributed by atoms with Crippen LogP contribution in [0.4, 0.5) is 0 Å². The van der Waals surface area contributed by atoms with Crippen LogP contribution in [0.15, 0.2) is 33.4 Å². The van der Waals surface area contributed by atoms with Gasteiger partial charge in [0.15, 0.2) is 0 Å². The molecule has 0 N–H and O–H groups in total. The summed E-state index contributed by atoms with van der Waals surface area (Å²) < 4.78 is 0. The van der Waals surface area contributed by atoms with Crippen molar-refractivity contribution in [1.29, 1.82) is 10.5 Å². The Morgan fingerprint density at radius 1 is 0.441 bits per heavy atom. The van der Waals surface area contributed by atoms with Crippen molar-refractivity contribution in [2.24, 2.45) is 21.7 Å². The van der Waals surface area contributed by atoms with Gasteiger partial charge in [-0.05, 0) is 83.1 Å². The molecule has 0 heterocycles. The van der Waals surface area contributed by atoms with Crippen LogP contribution in [0.25, 0.3) is 0 Å². The minimum atomic E-state index is -0.281. The third-order valence-corrected chi connectivity index (χ3v) is 3.97. The first-order valence-electron chi connectivity index (χ1n) is 11.4. The molecule has 0 aromatic rings. The minimum Gasteiger partial charge on any atom is -0.192 e. The van der Waals surface area contributed by atoms with E-state index in [0.29, 0.717) is 27.9 Å². The molecular formula is C32H36N2. The van der Waals surface area contributed by atoms with Gasteiger partial charge in [-0.25, -0.2) is 0 Å². The molecule has 2 nitrogen and oxygen atoms in total. The SMILES string of the molecule is CC(C)(C)C#CC1=C(C#CC(C)(C)C)C(=C(C#N)C#N)C(C#CC(C)(C)C)=C1C#CC(C)(C)C. The van der Waals surface area contributed by atoms with Crippen molar-refractivity contribution in [3.8, 4) is 59.5 Å². The van der Waals surface area contributed by atoms with E-state index in [1.165, 1.54) is 0 Å². The van der Waals surface area contributed by atoms with Gasteiger partial charge in [-0.3, -0.25) is 0 Å². The number of rotatable bonds is 0. The second-order valence-electron chi connectivity index (χ2n) is 12.5. The highest BCUT2D eigenvalue weighted by molar-refractivity contribution is 5.84. The van der Waals surface area contributed by atoms with Crippen LogP contribution in [-0.2, 0) is 0 Å². The van der Waals surface area contributed by atoms with Crippen molar-refractivity contribution < 1.29 is 0 Å². The van der Waals surface area contributed by atoms with Crippen molar-refractivity contribution in [2.75, 3.05) is 0 Å². The Bertz CT molecular complexity index is 1180. The average molecular weight is 449 g/mol. The maximum atomic E-state index is 9.83. The molecule has 0 aliphatic heterocycles. The largest absolute Gasteiger partial charge is 0.192 e. The molecule has 2 heteroatoms. The molecule has 0 atom stereocenters. The molecule has 0 bridgehead atoms. The fourth-order valence-corrected chi connectivity index (χ4v) is 2.51. The van der Waals surface area contributed by atoms with Gasteiger partial charge in [-0.1, -0.05) is 47.4 Å². The first-order valence-corrected chi connectivity index (χ1v) is 11.4. The third kappa shape index (κ3) is 9.13.